The van der Waals surface area contributed by atoms with Gasteiger partial charge in [-0.15, -0.1) is 0 Å². The Morgan fingerprint density at radius 2 is 1.93 bits per heavy atom. The van der Waals surface area contributed by atoms with Gasteiger partial charge in [-0.3, -0.25) is 0 Å². The third kappa shape index (κ3) is 5.84. The lowest BCUT2D eigenvalue weighted by molar-refractivity contribution is -0.136. The van der Waals surface area contributed by atoms with E-state index < -0.39 is 29.3 Å². The van der Waals surface area contributed by atoms with E-state index in [-0.39, 0.29) is 5.75 Å². The molecule has 1 N–H and O–H groups in total. The fraction of sp³-hybridized carbons (Fsp3) is 0.450. The van der Waals surface area contributed by atoms with Gasteiger partial charge in [0.15, 0.2) is 0 Å². The lowest BCUT2D eigenvalue weighted by atomic mass is 10.1. The first-order valence-corrected chi connectivity index (χ1v) is 8.87. The van der Waals surface area contributed by atoms with Crippen molar-refractivity contribution in [2.45, 2.75) is 59.1 Å². The minimum atomic E-state index is -0.908. The Hall–Kier alpha value is -2.83. The van der Waals surface area contributed by atoms with Crippen molar-refractivity contribution >= 4 is 23.0 Å². The van der Waals surface area contributed by atoms with Gasteiger partial charge in [0.05, 0.1) is 0 Å². The average molecular weight is 375 g/mol. The summed E-state index contributed by atoms with van der Waals surface area (Å²) in [4.78, 5) is 35.7. The van der Waals surface area contributed by atoms with Crippen LogP contribution in [0.1, 0.15) is 46.6 Å². The van der Waals surface area contributed by atoms with E-state index in [0.717, 1.165) is 23.8 Å². The van der Waals surface area contributed by atoms with Crippen LogP contribution in [0, 0.1) is 0 Å². The van der Waals surface area contributed by atoms with Crippen molar-refractivity contribution in [1.29, 1.82) is 0 Å². The van der Waals surface area contributed by atoms with Crippen LogP contribution in [0.5, 0.6) is 5.75 Å². The maximum Gasteiger partial charge on any atom is 0.408 e. The zero-order valence-corrected chi connectivity index (χ0v) is 16.3. The topological polar surface area (TPSA) is 94.8 Å². The van der Waals surface area contributed by atoms with E-state index in [2.05, 4.69) is 5.32 Å². The lowest BCUT2D eigenvalue weighted by Crippen LogP contribution is -2.43. The standard InChI is InChI=1S/C20H25NO6/c1-6-7-13-10-17(22)26-16-11-14(8-9-15(13)16)25-18(23)12(2)21-19(24)27-20(3,4)5/h8-12H,6-7H2,1-5H3,(H,21,24)/t12-/m1/s1. The van der Waals surface area contributed by atoms with Crippen molar-refractivity contribution in [3.05, 3.63) is 40.2 Å². The molecule has 7 nitrogen and oxygen atoms in total. The van der Waals surface area contributed by atoms with Crippen LogP contribution in [0.15, 0.2) is 33.5 Å². The third-order valence-corrected chi connectivity index (χ3v) is 3.63. The van der Waals surface area contributed by atoms with E-state index in [9.17, 15) is 14.4 Å². The van der Waals surface area contributed by atoms with E-state index in [4.69, 9.17) is 13.9 Å². The number of aryl methyl sites for hydroxylation is 1. The first-order chi connectivity index (χ1) is 12.6. The van der Waals surface area contributed by atoms with Gasteiger partial charge >= 0.3 is 17.7 Å². The van der Waals surface area contributed by atoms with Gasteiger partial charge in [0.25, 0.3) is 0 Å². The highest BCUT2D eigenvalue weighted by Crippen LogP contribution is 2.23. The highest BCUT2D eigenvalue weighted by atomic mass is 16.6. The van der Waals surface area contributed by atoms with Crippen molar-refractivity contribution in [1.82, 2.24) is 5.32 Å². The van der Waals surface area contributed by atoms with Crippen molar-refractivity contribution in [3.8, 4) is 5.75 Å². The number of amides is 1. The van der Waals surface area contributed by atoms with Gasteiger partial charge in [-0.25, -0.2) is 14.4 Å². The highest BCUT2D eigenvalue weighted by Gasteiger charge is 2.22. The molecule has 0 bridgehead atoms. The summed E-state index contributed by atoms with van der Waals surface area (Å²) in [6, 6.07) is 5.43. The Labute approximate surface area is 157 Å². The van der Waals surface area contributed by atoms with Crippen LogP contribution in [0.25, 0.3) is 11.0 Å². The predicted octanol–water partition coefficient (Wildman–Crippen LogP) is 3.56. The first-order valence-electron chi connectivity index (χ1n) is 8.87. The molecule has 0 saturated carbocycles. The minimum Gasteiger partial charge on any atom is -0.444 e. The second kappa shape index (κ2) is 8.24. The molecule has 1 atom stereocenters. The summed E-state index contributed by atoms with van der Waals surface area (Å²) >= 11 is 0. The molecule has 2 aromatic rings. The Balaban J connectivity index is 2.12. The van der Waals surface area contributed by atoms with Crippen molar-refractivity contribution in [2.24, 2.45) is 0 Å². The van der Waals surface area contributed by atoms with Gasteiger partial charge in [-0.2, -0.15) is 0 Å². The first kappa shape index (κ1) is 20.5. The smallest absolute Gasteiger partial charge is 0.408 e. The van der Waals surface area contributed by atoms with Gasteiger partial charge in [0.2, 0.25) is 0 Å². The van der Waals surface area contributed by atoms with E-state index in [1.54, 1.807) is 32.9 Å². The van der Waals surface area contributed by atoms with E-state index in [1.807, 2.05) is 6.92 Å². The fourth-order valence-electron chi connectivity index (χ4n) is 2.50. The molecular weight excluding hydrogens is 350 g/mol. The van der Waals surface area contributed by atoms with Crippen LogP contribution < -0.4 is 15.7 Å². The maximum atomic E-state index is 12.2. The number of hydrogen-bond donors (Lipinski definition) is 1. The number of fused-ring (bicyclic) bond motifs is 1. The summed E-state index contributed by atoms with van der Waals surface area (Å²) in [5.74, 6) is -0.436. The number of esters is 1. The van der Waals surface area contributed by atoms with E-state index >= 15 is 0 Å². The number of carbonyl (C=O) groups is 2. The Morgan fingerprint density at radius 3 is 2.56 bits per heavy atom. The molecule has 0 fully saturated rings. The van der Waals surface area contributed by atoms with Crippen LogP contribution in [0.3, 0.4) is 0 Å². The number of benzene rings is 1. The largest absolute Gasteiger partial charge is 0.444 e. The molecule has 0 aliphatic heterocycles. The summed E-state index contributed by atoms with van der Waals surface area (Å²) < 4.78 is 15.6. The number of alkyl carbamates (subject to hydrolysis) is 1. The molecule has 146 valence electrons. The lowest BCUT2D eigenvalue weighted by Gasteiger charge is -2.21. The van der Waals surface area contributed by atoms with Crippen LogP contribution in [-0.2, 0) is 16.0 Å². The van der Waals surface area contributed by atoms with Crippen LogP contribution in [-0.4, -0.2) is 23.7 Å². The van der Waals surface area contributed by atoms with Gasteiger partial charge in [-0.1, -0.05) is 13.3 Å². The SMILES string of the molecule is CCCc1cc(=O)oc2cc(OC(=O)[C@@H](C)NC(=O)OC(C)(C)C)ccc12. The van der Waals surface area contributed by atoms with Crippen molar-refractivity contribution < 1.29 is 23.5 Å². The molecule has 1 aromatic carbocycles. The molecular formula is C20H25NO6. The number of hydrogen-bond acceptors (Lipinski definition) is 6. The molecule has 7 heteroatoms. The van der Waals surface area contributed by atoms with Gasteiger partial charge in [0, 0.05) is 17.5 Å². The highest BCUT2D eigenvalue weighted by molar-refractivity contribution is 5.85. The van der Waals surface area contributed by atoms with Gasteiger partial charge < -0.3 is 19.2 Å². The quantitative estimate of drug-likeness (QED) is 0.488. The molecule has 1 aromatic heterocycles. The van der Waals surface area contributed by atoms with Crippen molar-refractivity contribution in [2.75, 3.05) is 0 Å². The molecule has 1 amide bonds. The molecule has 1 heterocycles. The third-order valence-electron chi connectivity index (χ3n) is 3.63. The summed E-state index contributed by atoms with van der Waals surface area (Å²) in [6.07, 6.45) is 0.932. The van der Waals surface area contributed by atoms with Crippen LogP contribution in [0.2, 0.25) is 0 Å². The second-order valence-corrected chi connectivity index (χ2v) is 7.29. The Kier molecular flexibility index (Phi) is 6.25. The summed E-state index contributed by atoms with van der Waals surface area (Å²) in [7, 11) is 0. The molecule has 0 aliphatic rings. The molecule has 0 aliphatic carbocycles. The minimum absolute atomic E-state index is 0.224. The Morgan fingerprint density at radius 1 is 1.22 bits per heavy atom. The van der Waals surface area contributed by atoms with E-state index in [0.29, 0.717) is 5.58 Å². The van der Waals surface area contributed by atoms with Gasteiger partial charge in [-0.05, 0) is 51.8 Å². The fourth-order valence-corrected chi connectivity index (χ4v) is 2.50. The number of ether oxygens (including phenoxy) is 2. The predicted molar refractivity (Wildman–Crippen MR) is 101 cm³/mol. The molecule has 0 spiro atoms. The maximum absolute atomic E-state index is 12.2. The zero-order chi connectivity index (χ0) is 20.2. The van der Waals surface area contributed by atoms with Gasteiger partial charge in [0.1, 0.15) is 23.0 Å². The monoisotopic (exact) mass is 375 g/mol. The van der Waals surface area contributed by atoms with Crippen LogP contribution in [0.4, 0.5) is 4.79 Å². The van der Waals surface area contributed by atoms with Crippen LogP contribution >= 0.6 is 0 Å². The Bertz CT molecular complexity index is 893. The second-order valence-electron chi connectivity index (χ2n) is 7.29. The average Bonchev–Trinajstić information content (AvgIpc) is 2.52. The summed E-state index contributed by atoms with van der Waals surface area (Å²) in [6.45, 7) is 8.70. The number of carbonyl (C=O) groups excluding carboxylic acids is 2. The van der Waals surface area contributed by atoms with E-state index in [1.165, 1.54) is 19.1 Å². The molecule has 27 heavy (non-hydrogen) atoms. The molecule has 2 rings (SSSR count). The molecule has 0 radical (unpaired) electrons. The molecule has 0 saturated heterocycles. The summed E-state index contributed by atoms with van der Waals surface area (Å²) in [5.41, 5.74) is 0.125. The number of nitrogens with one attached hydrogen (secondary N) is 1. The zero-order valence-electron chi connectivity index (χ0n) is 16.3. The summed E-state index contributed by atoms with van der Waals surface area (Å²) in [5, 5.41) is 3.22. The van der Waals surface area contributed by atoms with Crippen molar-refractivity contribution in [3.63, 3.8) is 0 Å². The number of rotatable bonds is 5. The normalized spacial score (nSPS) is 12.5. The molecule has 0 unspecified atom stereocenters.